The molecule has 2 heterocycles. The van der Waals surface area contributed by atoms with Gasteiger partial charge in [0.05, 0.1) is 17.2 Å². The molecule has 0 aliphatic carbocycles. The molecule has 0 aromatic carbocycles. The van der Waals surface area contributed by atoms with E-state index in [2.05, 4.69) is 9.88 Å². The molecule has 0 N–H and O–H groups in total. The Hall–Kier alpha value is -0.940. The molecule has 1 fully saturated rings. The lowest BCUT2D eigenvalue weighted by Crippen LogP contribution is -2.46. The number of pyridine rings is 1. The van der Waals surface area contributed by atoms with E-state index in [4.69, 9.17) is 0 Å². The highest BCUT2D eigenvalue weighted by molar-refractivity contribution is 7.91. The van der Waals surface area contributed by atoms with Gasteiger partial charge < -0.3 is 0 Å². The number of nitrogens with zero attached hydrogens (tertiary/aromatic N) is 2. The Morgan fingerprint density at radius 1 is 1.50 bits per heavy atom. The van der Waals surface area contributed by atoms with E-state index in [1.807, 2.05) is 25.1 Å². The summed E-state index contributed by atoms with van der Waals surface area (Å²) >= 11 is 0. The van der Waals surface area contributed by atoms with Crippen LogP contribution in [0, 0.1) is 0 Å². The van der Waals surface area contributed by atoms with Crippen LogP contribution >= 0.6 is 0 Å². The Balaban J connectivity index is 2.02. The highest BCUT2D eigenvalue weighted by Crippen LogP contribution is 2.13. The van der Waals surface area contributed by atoms with Crippen LogP contribution in [0.4, 0.5) is 0 Å². The summed E-state index contributed by atoms with van der Waals surface area (Å²) in [4.78, 5) is 6.42. The van der Waals surface area contributed by atoms with E-state index < -0.39 is 9.84 Å². The summed E-state index contributed by atoms with van der Waals surface area (Å²) < 4.78 is 22.8. The molecule has 1 aliphatic rings. The van der Waals surface area contributed by atoms with E-state index in [1.165, 1.54) is 0 Å². The van der Waals surface area contributed by atoms with E-state index >= 15 is 0 Å². The van der Waals surface area contributed by atoms with Crippen molar-refractivity contribution in [2.75, 3.05) is 18.1 Å². The van der Waals surface area contributed by atoms with Gasteiger partial charge in [0.15, 0.2) is 9.84 Å². The zero-order chi connectivity index (χ0) is 11.6. The first-order valence-electron chi connectivity index (χ1n) is 5.41. The molecule has 0 radical (unpaired) electrons. The molecular weight excluding hydrogens is 224 g/mol. The van der Waals surface area contributed by atoms with Crippen molar-refractivity contribution in [1.29, 1.82) is 0 Å². The maximum Gasteiger partial charge on any atom is 0.153 e. The topological polar surface area (TPSA) is 50.3 Å². The standard InChI is InChI=1S/C11H16N2O2S/c1-10-9-16(14,15)7-6-13(10)8-11-4-2-3-5-12-11/h2-5,10H,6-9H2,1H3/t10-/m1/s1. The van der Waals surface area contributed by atoms with Crippen molar-refractivity contribution in [3.8, 4) is 0 Å². The summed E-state index contributed by atoms with van der Waals surface area (Å²) in [6.07, 6.45) is 1.76. The van der Waals surface area contributed by atoms with Gasteiger partial charge in [-0.05, 0) is 19.1 Å². The maximum atomic E-state index is 11.4. The number of sulfone groups is 1. The molecule has 0 saturated carbocycles. The fraction of sp³-hybridized carbons (Fsp3) is 0.545. The summed E-state index contributed by atoms with van der Waals surface area (Å²) in [6, 6.07) is 5.89. The molecule has 88 valence electrons. The third kappa shape index (κ3) is 2.80. The molecular formula is C11H16N2O2S. The van der Waals surface area contributed by atoms with E-state index in [0.29, 0.717) is 6.54 Å². The molecule has 1 atom stereocenters. The molecule has 5 heteroatoms. The van der Waals surface area contributed by atoms with Crippen molar-refractivity contribution in [3.63, 3.8) is 0 Å². The third-order valence-electron chi connectivity index (χ3n) is 2.90. The van der Waals surface area contributed by atoms with Crippen molar-refractivity contribution in [2.45, 2.75) is 19.5 Å². The minimum Gasteiger partial charge on any atom is -0.293 e. The molecule has 4 nitrogen and oxygen atoms in total. The molecule has 0 amide bonds. The van der Waals surface area contributed by atoms with E-state index in [9.17, 15) is 8.42 Å². The quantitative estimate of drug-likeness (QED) is 0.763. The highest BCUT2D eigenvalue weighted by atomic mass is 32.2. The average molecular weight is 240 g/mol. The zero-order valence-corrected chi connectivity index (χ0v) is 10.2. The number of hydrogen-bond acceptors (Lipinski definition) is 4. The molecule has 1 aromatic heterocycles. The average Bonchev–Trinajstić information content (AvgIpc) is 2.23. The van der Waals surface area contributed by atoms with E-state index in [-0.39, 0.29) is 17.5 Å². The largest absolute Gasteiger partial charge is 0.293 e. The van der Waals surface area contributed by atoms with Gasteiger partial charge in [-0.2, -0.15) is 0 Å². The van der Waals surface area contributed by atoms with Gasteiger partial charge in [0, 0.05) is 25.3 Å². The number of hydrogen-bond donors (Lipinski definition) is 0. The predicted octanol–water partition coefficient (Wildman–Crippen LogP) is 0.700. The Bertz CT molecular complexity index is 444. The fourth-order valence-corrected chi connectivity index (χ4v) is 3.59. The van der Waals surface area contributed by atoms with Crippen LogP contribution in [0.3, 0.4) is 0 Å². The van der Waals surface area contributed by atoms with Crippen LogP contribution in [-0.4, -0.2) is 42.4 Å². The van der Waals surface area contributed by atoms with Gasteiger partial charge >= 0.3 is 0 Å². The van der Waals surface area contributed by atoms with Gasteiger partial charge in [-0.1, -0.05) is 6.07 Å². The molecule has 1 aliphatic heterocycles. The molecule has 1 aromatic rings. The van der Waals surface area contributed by atoms with Crippen LogP contribution in [0.15, 0.2) is 24.4 Å². The number of aromatic nitrogens is 1. The molecule has 1 saturated heterocycles. The van der Waals surface area contributed by atoms with Gasteiger partial charge in [0.2, 0.25) is 0 Å². The van der Waals surface area contributed by atoms with Crippen LogP contribution < -0.4 is 0 Å². The van der Waals surface area contributed by atoms with Gasteiger partial charge in [-0.15, -0.1) is 0 Å². The van der Waals surface area contributed by atoms with Crippen LogP contribution in [0.25, 0.3) is 0 Å². The zero-order valence-electron chi connectivity index (χ0n) is 9.33. The molecule has 0 spiro atoms. The Labute approximate surface area is 96.2 Å². The molecule has 2 rings (SSSR count). The minimum atomic E-state index is -2.82. The predicted molar refractivity (Wildman–Crippen MR) is 62.8 cm³/mol. The summed E-state index contributed by atoms with van der Waals surface area (Å²) in [7, 11) is -2.82. The van der Waals surface area contributed by atoms with Crippen molar-refractivity contribution < 1.29 is 8.42 Å². The Kier molecular flexibility index (Phi) is 3.25. The van der Waals surface area contributed by atoms with Crippen LogP contribution in [0.5, 0.6) is 0 Å². The smallest absolute Gasteiger partial charge is 0.153 e. The van der Waals surface area contributed by atoms with Gasteiger partial charge in [-0.25, -0.2) is 8.42 Å². The van der Waals surface area contributed by atoms with Crippen molar-refractivity contribution in [3.05, 3.63) is 30.1 Å². The lowest BCUT2D eigenvalue weighted by Gasteiger charge is -2.32. The SMILES string of the molecule is C[C@@H]1CS(=O)(=O)CCN1Cc1ccccn1. The first-order valence-corrected chi connectivity index (χ1v) is 7.23. The summed E-state index contributed by atoms with van der Waals surface area (Å²) in [5.41, 5.74) is 0.994. The summed E-state index contributed by atoms with van der Waals surface area (Å²) in [5, 5.41) is 0. The second kappa shape index (κ2) is 4.51. The molecule has 0 bridgehead atoms. The van der Waals surface area contributed by atoms with Crippen LogP contribution in [0.1, 0.15) is 12.6 Å². The lowest BCUT2D eigenvalue weighted by molar-refractivity contribution is 0.215. The van der Waals surface area contributed by atoms with Gasteiger partial charge in [0.25, 0.3) is 0 Å². The van der Waals surface area contributed by atoms with Crippen molar-refractivity contribution in [2.24, 2.45) is 0 Å². The lowest BCUT2D eigenvalue weighted by atomic mass is 10.2. The van der Waals surface area contributed by atoms with Gasteiger partial charge in [-0.3, -0.25) is 9.88 Å². The van der Waals surface area contributed by atoms with Crippen LogP contribution in [0.2, 0.25) is 0 Å². The third-order valence-corrected chi connectivity index (χ3v) is 4.69. The van der Waals surface area contributed by atoms with E-state index in [1.54, 1.807) is 6.20 Å². The Morgan fingerprint density at radius 2 is 2.31 bits per heavy atom. The first-order chi connectivity index (χ1) is 7.57. The number of rotatable bonds is 2. The summed E-state index contributed by atoms with van der Waals surface area (Å²) in [5.74, 6) is 0.532. The van der Waals surface area contributed by atoms with Crippen LogP contribution in [-0.2, 0) is 16.4 Å². The second-order valence-electron chi connectivity index (χ2n) is 4.25. The highest BCUT2D eigenvalue weighted by Gasteiger charge is 2.27. The van der Waals surface area contributed by atoms with Crippen molar-refractivity contribution >= 4 is 9.84 Å². The Morgan fingerprint density at radius 3 is 2.94 bits per heavy atom. The summed E-state index contributed by atoms with van der Waals surface area (Å²) in [6.45, 7) is 3.30. The fourth-order valence-electron chi connectivity index (χ4n) is 1.97. The van der Waals surface area contributed by atoms with Gasteiger partial charge in [0.1, 0.15) is 0 Å². The minimum absolute atomic E-state index is 0.0840. The van der Waals surface area contributed by atoms with E-state index in [0.717, 1.165) is 12.2 Å². The normalized spacial score (nSPS) is 25.4. The maximum absolute atomic E-state index is 11.4. The second-order valence-corrected chi connectivity index (χ2v) is 6.48. The monoisotopic (exact) mass is 240 g/mol. The molecule has 16 heavy (non-hydrogen) atoms. The van der Waals surface area contributed by atoms with Crippen molar-refractivity contribution in [1.82, 2.24) is 9.88 Å². The molecule has 0 unspecified atom stereocenters. The first kappa shape index (κ1) is 11.5.